The van der Waals surface area contributed by atoms with Gasteiger partial charge in [-0.15, -0.1) is 0 Å². The summed E-state index contributed by atoms with van der Waals surface area (Å²) in [6.45, 7) is 0. The van der Waals surface area contributed by atoms with E-state index in [1.807, 2.05) is 6.07 Å². The van der Waals surface area contributed by atoms with Gasteiger partial charge in [-0.25, -0.2) is 0 Å². The Kier molecular flexibility index (Phi) is 2.94. The largest absolute Gasteiger partial charge is 0.468 e. The molecule has 0 aliphatic carbocycles. The van der Waals surface area contributed by atoms with Crippen LogP contribution in [-0.4, -0.2) is 19.1 Å². The van der Waals surface area contributed by atoms with Crippen molar-refractivity contribution in [1.29, 1.82) is 0 Å². The highest BCUT2D eigenvalue weighted by Crippen LogP contribution is 2.02. The Morgan fingerprint density at radius 3 is 2.77 bits per heavy atom. The molecule has 0 aliphatic rings. The lowest BCUT2D eigenvalue weighted by Crippen LogP contribution is -2.33. The molecule has 70 valence electrons. The van der Waals surface area contributed by atoms with Crippen LogP contribution in [0.15, 0.2) is 30.3 Å². The minimum atomic E-state index is -0.928. The molecule has 3 nitrogen and oxygen atoms in total. The van der Waals surface area contributed by atoms with Crippen LogP contribution in [0.1, 0.15) is 6.93 Å². The lowest BCUT2D eigenvalue weighted by Gasteiger charge is -2.08. The SMILES string of the molecule is [2H][C@H](c1ccccc1)[C@H](N)C(=O)OC. The van der Waals surface area contributed by atoms with Gasteiger partial charge in [0.05, 0.1) is 7.11 Å². The monoisotopic (exact) mass is 180 g/mol. The summed E-state index contributed by atoms with van der Waals surface area (Å²) in [5.74, 6) is -0.561. The van der Waals surface area contributed by atoms with Crippen molar-refractivity contribution in [3.8, 4) is 0 Å². The average molecular weight is 180 g/mol. The number of ether oxygens (including phenoxy) is 1. The molecule has 13 heavy (non-hydrogen) atoms. The molecule has 0 amide bonds. The highest BCUT2D eigenvalue weighted by Gasteiger charge is 2.13. The zero-order valence-corrected chi connectivity index (χ0v) is 7.44. The van der Waals surface area contributed by atoms with Gasteiger partial charge in [0.2, 0.25) is 0 Å². The molecule has 0 aliphatic heterocycles. The zero-order valence-electron chi connectivity index (χ0n) is 8.44. The molecule has 1 rings (SSSR count). The first-order valence-electron chi connectivity index (χ1n) is 4.55. The molecule has 2 N–H and O–H groups in total. The van der Waals surface area contributed by atoms with E-state index in [1.54, 1.807) is 24.3 Å². The first-order chi connectivity index (χ1) is 6.66. The summed E-state index contributed by atoms with van der Waals surface area (Å²) in [4.78, 5) is 11.1. The van der Waals surface area contributed by atoms with Gasteiger partial charge in [-0.3, -0.25) is 4.79 Å². The number of benzene rings is 1. The maximum atomic E-state index is 11.1. The predicted octanol–water partition coefficient (Wildman–Crippen LogP) is 0.729. The topological polar surface area (TPSA) is 52.3 Å². The van der Waals surface area contributed by atoms with Crippen molar-refractivity contribution >= 4 is 5.97 Å². The van der Waals surface area contributed by atoms with Crippen molar-refractivity contribution < 1.29 is 10.9 Å². The molecule has 3 heteroatoms. The van der Waals surface area contributed by atoms with Crippen LogP contribution in [0.2, 0.25) is 0 Å². The molecule has 0 radical (unpaired) electrons. The van der Waals surface area contributed by atoms with E-state index in [-0.39, 0.29) is 0 Å². The Hall–Kier alpha value is -1.35. The molecule has 1 aromatic carbocycles. The van der Waals surface area contributed by atoms with Crippen molar-refractivity contribution in [1.82, 2.24) is 0 Å². The molecule has 0 bridgehead atoms. The van der Waals surface area contributed by atoms with Crippen molar-refractivity contribution in [3.63, 3.8) is 0 Å². The van der Waals surface area contributed by atoms with Gasteiger partial charge in [0.15, 0.2) is 0 Å². The van der Waals surface area contributed by atoms with Crippen molar-refractivity contribution in [2.75, 3.05) is 7.11 Å². The van der Waals surface area contributed by atoms with Gasteiger partial charge in [-0.1, -0.05) is 30.3 Å². The lowest BCUT2D eigenvalue weighted by atomic mass is 10.1. The third kappa shape index (κ3) is 2.87. The molecule has 1 aromatic rings. The van der Waals surface area contributed by atoms with E-state index in [0.29, 0.717) is 5.56 Å². The molecular formula is C10H13NO2. The summed E-state index contributed by atoms with van der Waals surface area (Å²) in [5.41, 5.74) is 6.25. The van der Waals surface area contributed by atoms with Gasteiger partial charge in [0.25, 0.3) is 0 Å². The number of hydrogen-bond donors (Lipinski definition) is 1. The van der Waals surface area contributed by atoms with Crippen LogP contribution in [0, 0.1) is 0 Å². The summed E-state index contributed by atoms with van der Waals surface area (Å²) in [6.07, 6.45) is -0.774. The second-order valence-corrected chi connectivity index (χ2v) is 2.63. The van der Waals surface area contributed by atoms with Crippen LogP contribution in [-0.2, 0) is 15.9 Å². The first kappa shape index (κ1) is 8.26. The molecule has 0 aromatic heterocycles. The van der Waals surface area contributed by atoms with Gasteiger partial charge >= 0.3 is 5.97 Å². The second-order valence-electron chi connectivity index (χ2n) is 2.63. The fourth-order valence-electron chi connectivity index (χ4n) is 0.976. The Morgan fingerprint density at radius 1 is 1.62 bits per heavy atom. The van der Waals surface area contributed by atoms with Crippen molar-refractivity contribution in [3.05, 3.63) is 35.9 Å². The number of nitrogens with two attached hydrogens (primary N) is 1. The number of esters is 1. The molecule has 0 spiro atoms. The Balaban J connectivity index is 2.75. The van der Waals surface area contributed by atoms with Crippen molar-refractivity contribution in [2.24, 2.45) is 5.73 Å². The summed E-state index contributed by atoms with van der Waals surface area (Å²) >= 11 is 0. The standard InChI is InChI=1S/C10H13NO2/c1-13-10(12)9(11)7-8-5-3-2-4-6-8/h2-6,9H,7,11H2,1H3/t9-/m0/s1/i7D/t7-,9+/m1. The van der Waals surface area contributed by atoms with Crippen LogP contribution in [0.3, 0.4) is 0 Å². The molecule has 0 unspecified atom stereocenters. The summed E-state index contributed by atoms with van der Waals surface area (Å²) in [6, 6.07) is 8.06. The number of methoxy groups -OCH3 is 1. The normalized spacial score (nSPS) is 15.7. The minimum absolute atomic E-state index is 0.561. The molecule has 0 saturated carbocycles. The predicted molar refractivity (Wildman–Crippen MR) is 50.1 cm³/mol. The smallest absolute Gasteiger partial charge is 0.322 e. The Labute approximate surface area is 78.9 Å². The van der Waals surface area contributed by atoms with E-state index in [4.69, 9.17) is 7.10 Å². The molecular weight excluding hydrogens is 166 g/mol. The van der Waals surface area contributed by atoms with E-state index in [9.17, 15) is 4.79 Å². The average Bonchev–Trinajstić information content (AvgIpc) is 2.27. The van der Waals surface area contributed by atoms with E-state index in [1.165, 1.54) is 7.11 Å². The van der Waals surface area contributed by atoms with E-state index in [0.717, 1.165) is 0 Å². The van der Waals surface area contributed by atoms with Gasteiger partial charge in [0.1, 0.15) is 6.04 Å². The minimum Gasteiger partial charge on any atom is -0.468 e. The van der Waals surface area contributed by atoms with Crippen LogP contribution >= 0.6 is 0 Å². The lowest BCUT2D eigenvalue weighted by molar-refractivity contribution is -0.142. The Bertz CT molecular complexity index is 302. The van der Waals surface area contributed by atoms with Gasteiger partial charge in [-0.2, -0.15) is 0 Å². The zero-order chi connectivity index (χ0) is 10.6. The van der Waals surface area contributed by atoms with E-state index < -0.39 is 18.4 Å². The number of hydrogen-bond acceptors (Lipinski definition) is 3. The van der Waals surface area contributed by atoms with Gasteiger partial charge < -0.3 is 10.5 Å². The summed E-state index contributed by atoms with van der Waals surface area (Å²) < 4.78 is 12.2. The van der Waals surface area contributed by atoms with Gasteiger partial charge in [0, 0.05) is 1.37 Å². The fraction of sp³-hybridized carbons (Fsp3) is 0.300. The van der Waals surface area contributed by atoms with Crippen LogP contribution in [0.25, 0.3) is 0 Å². The highest BCUT2D eigenvalue weighted by molar-refractivity contribution is 5.75. The second kappa shape index (κ2) is 4.62. The van der Waals surface area contributed by atoms with Gasteiger partial charge in [-0.05, 0) is 12.0 Å². The number of carbonyl (C=O) groups excluding carboxylic acids is 1. The Morgan fingerprint density at radius 2 is 2.23 bits per heavy atom. The van der Waals surface area contributed by atoms with Crippen LogP contribution in [0.4, 0.5) is 0 Å². The quantitative estimate of drug-likeness (QED) is 0.698. The molecule has 0 saturated heterocycles. The van der Waals surface area contributed by atoms with Crippen LogP contribution in [0.5, 0.6) is 0 Å². The maximum absolute atomic E-state index is 11.1. The van der Waals surface area contributed by atoms with Crippen molar-refractivity contribution in [2.45, 2.75) is 12.4 Å². The number of carbonyl (C=O) groups is 1. The molecule has 0 fully saturated rings. The molecule has 0 heterocycles. The summed E-state index contributed by atoms with van der Waals surface area (Å²) in [7, 11) is 1.26. The fourth-order valence-corrected chi connectivity index (χ4v) is 0.976. The maximum Gasteiger partial charge on any atom is 0.322 e. The molecule has 2 atom stereocenters. The first-order valence-corrected chi connectivity index (χ1v) is 3.97. The van der Waals surface area contributed by atoms with E-state index >= 15 is 0 Å². The highest BCUT2D eigenvalue weighted by atomic mass is 16.5. The summed E-state index contributed by atoms with van der Waals surface area (Å²) in [5, 5.41) is 0. The third-order valence-corrected chi connectivity index (χ3v) is 1.64. The third-order valence-electron chi connectivity index (χ3n) is 1.64. The van der Waals surface area contributed by atoms with E-state index in [2.05, 4.69) is 4.74 Å². The number of rotatable bonds is 3. The van der Waals surface area contributed by atoms with Crippen LogP contribution < -0.4 is 5.73 Å².